The van der Waals surface area contributed by atoms with E-state index in [0.29, 0.717) is 17.1 Å². The first-order chi connectivity index (χ1) is 19.3. The molecule has 3 heterocycles. The summed E-state index contributed by atoms with van der Waals surface area (Å²) in [5.41, 5.74) is 5.27. The molecule has 186 valence electrons. The van der Waals surface area contributed by atoms with Crippen LogP contribution in [0.3, 0.4) is 0 Å². The summed E-state index contributed by atoms with van der Waals surface area (Å²) in [6, 6.07) is 39.1. The van der Waals surface area contributed by atoms with E-state index in [1.165, 1.54) is 0 Å². The molecule has 0 unspecified atom stereocenters. The Kier molecular flexibility index (Phi) is 5.49. The molecule has 6 heteroatoms. The molecule has 3 aromatic heterocycles. The van der Waals surface area contributed by atoms with Crippen molar-refractivity contribution in [2.24, 2.45) is 0 Å². The highest BCUT2D eigenvalue weighted by Crippen LogP contribution is 2.40. The van der Waals surface area contributed by atoms with Crippen molar-refractivity contribution in [3.05, 3.63) is 128 Å². The largest absolute Gasteiger partial charge is 0.507 e. The van der Waals surface area contributed by atoms with Crippen LogP contribution < -0.4 is 4.90 Å². The molecular formula is C33H22N4O2. The van der Waals surface area contributed by atoms with Gasteiger partial charge in [0, 0.05) is 28.5 Å². The first kappa shape index (κ1) is 22.7. The van der Waals surface area contributed by atoms with E-state index in [0.717, 1.165) is 44.8 Å². The topological polar surface area (TPSA) is 75.3 Å². The van der Waals surface area contributed by atoms with Crippen LogP contribution in [0, 0.1) is 0 Å². The van der Waals surface area contributed by atoms with Crippen molar-refractivity contribution in [2.45, 2.75) is 0 Å². The number of aromatic hydroxyl groups is 1. The molecule has 0 aliphatic rings. The average Bonchev–Trinajstić information content (AvgIpc) is 3.37. The molecule has 0 saturated carbocycles. The van der Waals surface area contributed by atoms with Crippen molar-refractivity contribution in [3.8, 4) is 28.4 Å². The summed E-state index contributed by atoms with van der Waals surface area (Å²) >= 11 is 0. The van der Waals surface area contributed by atoms with Crippen molar-refractivity contribution in [2.75, 3.05) is 4.90 Å². The molecule has 7 rings (SSSR count). The Morgan fingerprint density at radius 1 is 0.667 bits per heavy atom. The monoisotopic (exact) mass is 506 g/mol. The van der Waals surface area contributed by atoms with E-state index in [4.69, 9.17) is 14.4 Å². The molecule has 39 heavy (non-hydrogen) atoms. The van der Waals surface area contributed by atoms with E-state index in [2.05, 4.69) is 34.1 Å². The maximum Gasteiger partial charge on any atom is 0.231 e. The fraction of sp³-hybridized carbons (Fsp3) is 0. The van der Waals surface area contributed by atoms with Crippen molar-refractivity contribution in [3.63, 3.8) is 0 Å². The minimum atomic E-state index is 0.109. The molecule has 0 saturated heterocycles. The fourth-order valence-electron chi connectivity index (χ4n) is 4.88. The lowest BCUT2D eigenvalue weighted by atomic mass is 10.0. The molecule has 0 fully saturated rings. The van der Waals surface area contributed by atoms with Crippen molar-refractivity contribution < 1.29 is 9.52 Å². The molecule has 0 aliphatic heterocycles. The smallest absolute Gasteiger partial charge is 0.231 e. The van der Waals surface area contributed by atoms with Gasteiger partial charge in [-0.1, -0.05) is 66.7 Å². The standard InChI is InChI=1S/C33H22N4O2/c38-27-17-6-4-15-25(27)32-35-31(30-26-16-5-7-18-28(26)39-33(30)36-32)22-11-10-14-24(21-22)37(23-12-2-1-3-13-23)29-19-8-9-20-34-29/h1-21,38H. The SMILES string of the molecule is Oc1ccccc1-c1nc(-c2cccc(N(c3ccccc3)c3ccccn3)c2)c2c(n1)oc1ccccc12. The lowest BCUT2D eigenvalue weighted by Gasteiger charge is -2.24. The van der Waals surface area contributed by atoms with Gasteiger partial charge >= 0.3 is 0 Å². The second-order valence-electron chi connectivity index (χ2n) is 9.10. The number of fused-ring (bicyclic) bond motifs is 3. The summed E-state index contributed by atoms with van der Waals surface area (Å²) in [7, 11) is 0. The molecule has 0 aliphatic carbocycles. The maximum absolute atomic E-state index is 10.6. The summed E-state index contributed by atoms with van der Waals surface area (Å²) in [6.45, 7) is 0. The van der Waals surface area contributed by atoms with Crippen LogP contribution in [0.5, 0.6) is 5.75 Å². The summed E-state index contributed by atoms with van der Waals surface area (Å²) in [5.74, 6) is 1.31. The highest BCUT2D eigenvalue weighted by Gasteiger charge is 2.20. The summed E-state index contributed by atoms with van der Waals surface area (Å²) in [6.07, 6.45) is 1.79. The van der Waals surface area contributed by atoms with Crippen molar-refractivity contribution >= 4 is 39.3 Å². The molecule has 4 aromatic carbocycles. The van der Waals surface area contributed by atoms with Gasteiger partial charge in [0.15, 0.2) is 5.82 Å². The van der Waals surface area contributed by atoms with Gasteiger partial charge in [0.1, 0.15) is 17.2 Å². The lowest BCUT2D eigenvalue weighted by molar-refractivity contribution is 0.477. The average molecular weight is 507 g/mol. The normalized spacial score (nSPS) is 11.2. The van der Waals surface area contributed by atoms with Crippen LogP contribution in [-0.2, 0) is 0 Å². The predicted octanol–water partition coefficient (Wildman–Crippen LogP) is 8.28. The van der Waals surface area contributed by atoms with Crippen LogP contribution in [0.1, 0.15) is 0 Å². The van der Waals surface area contributed by atoms with Crippen LogP contribution in [-0.4, -0.2) is 20.1 Å². The summed E-state index contributed by atoms with van der Waals surface area (Å²) < 4.78 is 6.18. The molecule has 0 radical (unpaired) electrons. The molecule has 0 atom stereocenters. The fourth-order valence-corrected chi connectivity index (χ4v) is 4.88. The number of aromatic nitrogens is 3. The predicted molar refractivity (Wildman–Crippen MR) is 154 cm³/mol. The Labute approximate surface area is 224 Å². The minimum Gasteiger partial charge on any atom is -0.507 e. The van der Waals surface area contributed by atoms with E-state index in [1.54, 1.807) is 24.4 Å². The molecule has 7 aromatic rings. The van der Waals surface area contributed by atoms with Gasteiger partial charge in [0.2, 0.25) is 5.71 Å². The zero-order chi connectivity index (χ0) is 26.2. The Bertz CT molecular complexity index is 1900. The molecule has 0 bridgehead atoms. The number of phenols is 1. The molecule has 0 amide bonds. The Balaban J connectivity index is 1.48. The second-order valence-corrected chi connectivity index (χ2v) is 9.10. The number of pyridine rings is 1. The van der Waals surface area contributed by atoms with E-state index in [-0.39, 0.29) is 5.75 Å². The zero-order valence-corrected chi connectivity index (χ0v) is 20.8. The first-order valence-corrected chi connectivity index (χ1v) is 12.6. The third-order valence-electron chi connectivity index (χ3n) is 6.65. The molecule has 1 N–H and O–H groups in total. The second kappa shape index (κ2) is 9.43. The van der Waals surface area contributed by atoms with Gasteiger partial charge in [-0.05, 0) is 54.6 Å². The maximum atomic E-state index is 10.6. The number of anilines is 3. The van der Waals surface area contributed by atoms with Crippen molar-refractivity contribution in [1.82, 2.24) is 15.0 Å². The van der Waals surface area contributed by atoms with Gasteiger partial charge in [-0.25, -0.2) is 9.97 Å². The van der Waals surface area contributed by atoms with Crippen LogP contribution in [0.15, 0.2) is 132 Å². The van der Waals surface area contributed by atoms with Crippen LogP contribution in [0.25, 0.3) is 44.7 Å². The number of furan rings is 1. The van der Waals surface area contributed by atoms with E-state index in [1.807, 2.05) is 78.9 Å². The van der Waals surface area contributed by atoms with Crippen LogP contribution in [0.4, 0.5) is 17.2 Å². The summed E-state index contributed by atoms with van der Waals surface area (Å²) in [5, 5.41) is 12.3. The molecule has 0 spiro atoms. The number of rotatable bonds is 5. The van der Waals surface area contributed by atoms with Crippen molar-refractivity contribution in [1.29, 1.82) is 0 Å². The number of para-hydroxylation sites is 3. The number of phenolic OH excluding ortho intramolecular Hbond substituents is 1. The number of nitrogens with zero attached hydrogens (tertiary/aromatic N) is 4. The van der Waals surface area contributed by atoms with E-state index < -0.39 is 0 Å². The van der Waals surface area contributed by atoms with Gasteiger partial charge in [-0.2, -0.15) is 4.98 Å². The van der Waals surface area contributed by atoms with E-state index >= 15 is 0 Å². The molecule has 6 nitrogen and oxygen atoms in total. The van der Waals surface area contributed by atoms with Gasteiger partial charge < -0.3 is 9.52 Å². The van der Waals surface area contributed by atoms with Gasteiger partial charge in [0.25, 0.3) is 0 Å². The first-order valence-electron chi connectivity index (χ1n) is 12.6. The van der Waals surface area contributed by atoms with Crippen LogP contribution in [0.2, 0.25) is 0 Å². The lowest BCUT2D eigenvalue weighted by Crippen LogP contribution is -2.11. The Morgan fingerprint density at radius 3 is 2.28 bits per heavy atom. The quantitative estimate of drug-likeness (QED) is 0.253. The van der Waals surface area contributed by atoms with Gasteiger partial charge in [-0.3, -0.25) is 4.90 Å². The number of hydrogen-bond acceptors (Lipinski definition) is 6. The Morgan fingerprint density at radius 2 is 1.44 bits per heavy atom. The highest BCUT2D eigenvalue weighted by atomic mass is 16.3. The Hall–Kier alpha value is -5.49. The van der Waals surface area contributed by atoms with Gasteiger partial charge in [0.05, 0.1) is 16.6 Å². The van der Waals surface area contributed by atoms with Crippen LogP contribution >= 0.6 is 0 Å². The third kappa shape index (κ3) is 4.04. The molecular weight excluding hydrogens is 484 g/mol. The number of benzene rings is 4. The summed E-state index contributed by atoms with van der Waals surface area (Å²) in [4.78, 5) is 16.5. The van der Waals surface area contributed by atoms with E-state index in [9.17, 15) is 5.11 Å². The number of hydrogen-bond donors (Lipinski definition) is 1. The minimum absolute atomic E-state index is 0.109. The highest BCUT2D eigenvalue weighted by molar-refractivity contribution is 6.10. The zero-order valence-electron chi connectivity index (χ0n) is 20.8. The van der Waals surface area contributed by atoms with Gasteiger partial charge in [-0.15, -0.1) is 0 Å². The third-order valence-corrected chi connectivity index (χ3v) is 6.65.